The zero-order valence-electron chi connectivity index (χ0n) is 7.38. The SMILES string of the molecule is COc1c(Cl)cccc1C1(O)CC1. The smallest absolute Gasteiger partial charge is 0.143 e. The minimum atomic E-state index is -0.684. The minimum Gasteiger partial charge on any atom is -0.495 e. The van der Waals surface area contributed by atoms with E-state index in [0.717, 1.165) is 18.4 Å². The van der Waals surface area contributed by atoms with Gasteiger partial charge in [0.15, 0.2) is 0 Å². The summed E-state index contributed by atoms with van der Waals surface area (Å²) in [5, 5.41) is 10.5. The van der Waals surface area contributed by atoms with Crippen molar-refractivity contribution in [3.05, 3.63) is 28.8 Å². The predicted octanol–water partition coefficient (Wildman–Crippen LogP) is 2.33. The van der Waals surface area contributed by atoms with Gasteiger partial charge in [0.25, 0.3) is 0 Å². The second kappa shape index (κ2) is 2.89. The molecule has 1 saturated carbocycles. The molecule has 70 valence electrons. The standard InChI is InChI=1S/C10H11ClO2/c1-13-9-7(10(12)5-6-10)3-2-4-8(9)11/h2-4,12H,5-6H2,1H3. The van der Waals surface area contributed by atoms with Crippen molar-refractivity contribution in [3.8, 4) is 5.75 Å². The zero-order valence-corrected chi connectivity index (χ0v) is 8.14. The highest BCUT2D eigenvalue weighted by atomic mass is 35.5. The molecule has 0 spiro atoms. The largest absolute Gasteiger partial charge is 0.495 e. The quantitative estimate of drug-likeness (QED) is 0.791. The number of rotatable bonds is 2. The van der Waals surface area contributed by atoms with Gasteiger partial charge >= 0.3 is 0 Å². The summed E-state index contributed by atoms with van der Waals surface area (Å²) in [6, 6.07) is 5.45. The van der Waals surface area contributed by atoms with Crippen molar-refractivity contribution in [1.82, 2.24) is 0 Å². The van der Waals surface area contributed by atoms with E-state index in [9.17, 15) is 5.11 Å². The Labute approximate surface area is 82.1 Å². The van der Waals surface area contributed by atoms with Crippen molar-refractivity contribution in [1.29, 1.82) is 0 Å². The fourth-order valence-electron chi connectivity index (χ4n) is 1.47. The van der Waals surface area contributed by atoms with Gasteiger partial charge in [0.2, 0.25) is 0 Å². The van der Waals surface area contributed by atoms with E-state index in [-0.39, 0.29) is 0 Å². The molecule has 0 heterocycles. The fraction of sp³-hybridized carbons (Fsp3) is 0.400. The van der Waals surface area contributed by atoms with Gasteiger partial charge in [-0.1, -0.05) is 23.7 Å². The van der Waals surface area contributed by atoms with Crippen molar-refractivity contribution >= 4 is 11.6 Å². The van der Waals surface area contributed by atoms with Gasteiger partial charge in [0.05, 0.1) is 17.7 Å². The third-order valence-corrected chi connectivity index (χ3v) is 2.69. The Bertz CT molecular complexity index is 332. The summed E-state index contributed by atoms with van der Waals surface area (Å²) in [5.41, 5.74) is 0.124. The lowest BCUT2D eigenvalue weighted by Gasteiger charge is -2.13. The number of aliphatic hydroxyl groups is 1. The molecule has 1 fully saturated rings. The molecular weight excluding hydrogens is 188 g/mol. The first-order valence-electron chi connectivity index (χ1n) is 4.23. The number of hydrogen-bond acceptors (Lipinski definition) is 2. The van der Waals surface area contributed by atoms with E-state index in [1.54, 1.807) is 13.2 Å². The van der Waals surface area contributed by atoms with Crippen molar-refractivity contribution in [2.24, 2.45) is 0 Å². The third kappa shape index (κ3) is 1.40. The van der Waals surface area contributed by atoms with Crippen LogP contribution in [0.25, 0.3) is 0 Å². The van der Waals surface area contributed by atoms with Gasteiger partial charge in [-0.2, -0.15) is 0 Å². The Balaban J connectivity index is 2.50. The lowest BCUT2D eigenvalue weighted by Crippen LogP contribution is -2.06. The van der Waals surface area contributed by atoms with E-state index in [1.807, 2.05) is 12.1 Å². The fourth-order valence-corrected chi connectivity index (χ4v) is 1.72. The molecule has 1 aliphatic carbocycles. The highest BCUT2D eigenvalue weighted by Gasteiger charge is 2.44. The van der Waals surface area contributed by atoms with Crippen LogP contribution in [-0.4, -0.2) is 12.2 Å². The predicted molar refractivity (Wildman–Crippen MR) is 51.1 cm³/mol. The summed E-state index contributed by atoms with van der Waals surface area (Å²) in [6.07, 6.45) is 1.59. The first-order chi connectivity index (χ1) is 6.17. The van der Waals surface area contributed by atoms with Crippen molar-refractivity contribution in [3.63, 3.8) is 0 Å². The second-order valence-electron chi connectivity index (χ2n) is 3.35. The number of methoxy groups -OCH3 is 1. The molecule has 13 heavy (non-hydrogen) atoms. The second-order valence-corrected chi connectivity index (χ2v) is 3.76. The molecule has 0 saturated heterocycles. The number of halogens is 1. The van der Waals surface area contributed by atoms with Gasteiger partial charge in [0, 0.05) is 5.56 Å². The lowest BCUT2D eigenvalue weighted by molar-refractivity contribution is 0.147. The Morgan fingerprint density at radius 2 is 2.15 bits per heavy atom. The van der Waals surface area contributed by atoms with Crippen LogP contribution in [0.1, 0.15) is 18.4 Å². The number of hydrogen-bond donors (Lipinski definition) is 1. The molecule has 1 aromatic carbocycles. The number of benzene rings is 1. The summed E-state index contributed by atoms with van der Waals surface area (Å²) < 4.78 is 5.15. The van der Waals surface area contributed by atoms with Crippen LogP contribution in [0.5, 0.6) is 5.75 Å². The molecule has 0 amide bonds. The summed E-state index contributed by atoms with van der Waals surface area (Å²) in [6.45, 7) is 0. The summed E-state index contributed by atoms with van der Waals surface area (Å²) in [5.74, 6) is 0.601. The highest BCUT2D eigenvalue weighted by Crippen LogP contribution is 2.50. The van der Waals surface area contributed by atoms with Gasteiger partial charge in [-0.25, -0.2) is 0 Å². The van der Waals surface area contributed by atoms with E-state index < -0.39 is 5.60 Å². The Kier molecular flexibility index (Phi) is 1.97. The molecule has 0 atom stereocenters. The van der Waals surface area contributed by atoms with Crippen LogP contribution in [0.2, 0.25) is 5.02 Å². The van der Waals surface area contributed by atoms with Crippen LogP contribution in [0.3, 0.4) is 0 Å². The molecule has 0 unspecified atom stereocenters. The maximum Gasteiger partial charge on any atom is 0.143 e. The maximum absolute atomic E-state index is 9.90. The lowest BCUT2D eigenvalue weighted by atomic mass is 10.1. The van der Waals surface area contributed by atoms with Crippen LogP contribution in [0.15, 0.2) is 18.2 Å². The summed E-state index contributed by atoms with van der Waals surface area (Å²) in [4.78, 5) is 0. The molecule has 3 heteroatoms. The molecule has 0 radical (unpaired) electrons. The van der Waals surface area contributed by atoms with Crippen molar-refractivity contribution in [2.75, 3.05) is 7.11 Å². The van der Waals surface area contributed by atoms with Crippen molar-refractivity contribution in [2.45, 2.75) is 18.4 Å². The van der Waals surface area contributed by atoms with E-state index in [1.165, 1.54) is 0 Å². The van der Waals surface area contributed by atoms with Crippen LogP contribution in [0.4, 0.5) is 0 Å². The average molecular weight is 199 g/mol. The molecular formula is C10H11ClO2. The van der Waals surface area contributed by atoms with Crippen LogP contribution >= 0.6 is 11.6 Å². The highest BCUT2D eigenvalue weighted by molar-refractivity contribution is 6.32. The minimum absolute atomic E-state index is 0.556. The van der Waals surface area contributed by atoms with E-state index in [2.05, 4.69) is 0 Å². The summed E-state index contributed by atoms with van der Waals surface area (Å²) in [7, 11) is 1.57. The van der Waals surface area contributed by atoms with Crippen molar-refractivity contribution < 1.29 is 9.84 Å². The number of para-hydroxylation sites is 1. The molecule has 1 aromatic rings. The molecule has 1 aliphatic rings. The van der Waals surface area contributed by atoms with Gasteiger partial charge in [-0.15, -0.1) is 0 Å². The van der Waals surface area contributed by atoms with Crippen LogP contribution < -0.4 is 4.74 Å². The third-order valence-electron chi connectivity index (χ3n) is 2.40. The van der Waals surface area contributed by atoms with Crippen LogP contribution in [-0.2, 0) is 5.60 Å². The van der Waals surface area contributed by atoms with Crippen LogP contribution in [0, 0.1) is 0 Å². The molecule has 0 aromatic heterocycles. The van der Waals surface area contributed by atoms with E-state index in [4.69, 9.17) is 16.3 Å². The Hall–Kier alpha value is -0.730. The molecule has 2 nitrogen and oxygen atoms in total. The van der Waals surface area contributed by atoms with Gasteiger partial charge < -0.3 is 9.84 Å². The molecule has 0 bridgehead atoms. The molecule has 2 rings (SSSR count). The molecule has 1 N–H and O–H groups in total. The monoisotopic (exact) mass is 198 g/mol. The average Bonchev–Trinajstić information content (AvgIpc) is 2.85. The maximum atomic E-state index is 9.90. The molecule has 0 aliphatic heterocycles. The Morgan fingerprint density at radius 3 is 2.69 bits per heavy atom. The topological polar surface area (TPSA) is 29.5 Å². The van der Waals surface area contributed by atoms with Gasteiger partial charge in [-0.3, -0.25) is 0 Å². The van der Waals surface area contributed by atoms with Gasteiger partial charge in [-0.05, 0) is 18.9 Å². The first-order valence-corrected chi connectivity index (χ1v) is 4.60. The number of ether oxygens (including phenoxy) is 1. The van der Waals surface area contributed by atoms with E-state index in [0.29, 0.717) is 10.8 Å². The summed E-state index contributed by atoms with van der Waals surface area (Å²) >= 11 is 5.93. The first kappa shape index (κ1) is 8.85. The van der Waals surface area contributed by atoms with Gasteiger partial charge in [0.1, 0.15) is 5.75 Å². The Morgan fingerprint density at radius 1 is 1.46 bits per heavy atom. The normalized spacial score (nSPS) is 18.4. The zero-order chi connectivity index (χ0) is 9.47. The van der Waals surface area contributed by atoms with E-state index >= 15 is 0 Å².